The zero-order valence-electron chi connectivity index (χ0n) is 22.6. The highest BCUT2D eigenvalue weighted by molar-refractivity contribution is 6.32. The molecule has 11 heteroatoms. The molecule has 0 bridgehead atoms. The predicted molar refractivity (Wildman–Crippen MR) is 147 cm³/mol. The van der Waals surface area contributed by atoms with Gasteiger partial charge in [0.15, 0.2) is 11.5 Å². The first kappa shape index (κ1) is 28.6. The lowest BCUT2D eigenvalue weighted by Crippen LogP contribution is -2.48. The van der Waals surface area contributed by atoms with Crippen LogP contribution in [0.4, 0.5) is 5.82 Å². The summed E-state index contributed by atoms with van der Waals surface area (Å²) >= 11 is 6.55. The first-order valence-corrected chi connectivity index (χ1v) is 13.7. The van der Waals surface area contributed by atoms with Crippen LogP contribution in [0.2, 0.25) is 5.02 Å². The molecule has 1 saturated heterocycles. The van der Waals surface area contributed by atoms with E-state index in [-0.39, 0.29) is 35.7 Å². The topological polar surface area (TPSA) is 132 Å². The van der Waals surface area contributed by atoms with Crippen molar-refractivity contribution in [3.05, 3.63) is 46.1 Å². The van der Waals surface area contributed by atoms with Gasteiger partial charge in [0.1, 0.15) is 17.4 Å². The summed E-state index contributed by atoms with van der Waals surface area (Å²) in [5.41, 5.74) is 1.35. The van der Waals surface area contributed by atoms with Crippen LogP contribution in [0.3, 0.4) is 0 Å². The van der Waals surface area contributed by atoms with E-state index in [1.807, 2.05) is 21.9 Å². The third-order valence-electron chi connectivity index (χ3n) is 7.26. The molecular weight excluding hydrogens is 520 g/mol. The minimum Gasteiger partial charge on any atom is -0.489 e. The molecule has 1 aromatic carbocycles. The van der Waals surface area contributed by atoms with Crippen LogP contribution < -0.4 is 15.0 Å². The van der Waals surface area contributed by atoms with Gasteiger partial charge in [-0.25, -0.2) is 0 Å². The van der Waals surface area contributed by atoms with Gasteiger partial charge in [0.2, 0.25) is 0 Å². The number of piperazine rings is 1. The van der Waals surface area contributed by atoms with Gasteiger partial charge in [0.25, 0.3) is 5.91 Å². The van der Waals surface area contributed by atoms with Crippen LogP contribution in [0.5, 0.6) is 5.75 Å². The van der Waals surface area contributed by atoms with Crippen molar-refractivity contribution in [2.75, 3.05) is 37.6 Å². The van der Waals surface area contributed by atoms with Crippen molar-refractivity contribution in [1.82, 2.24) is 20.4 Å². The van der Waals surface area contributed by atoms with Crippen LogP contribution in [-0.4, -0.2) is 76.9 Å². The van der Waals surface area contributed by atoms with Gasteiger partial charge in [0, 0.05) is 32.2 Å². The lowest BCUT2D eigenvalue weighted by atomic mass is 9.86. The van der Waals surface area contributed by atoms with Crippen LogP contribution in [0.15, 0.2) is 24.3 Å². The zero-order valence-corrected chi connectivity index (χ0v) is 23.4. The fraction of sp³-hybridized carbons (Fsp3) is 0.536. The van der Waals surface area contributed by atoms with E-state index in [9.17, 15) is 14.9 Å². The van der Waals surface area contributed by atoms with Crippen LogP contribution in [0.1, 0.15) is 68.1 Å². The van der Waals surface area contributed by atoms with E-state index < -0.39 is 5.97 Å². The van der Waals surface area contributed by atoms with Gasteiger partial charge < -0.3 is 20.1 Å². The molecule has 2 aliphatic rings. The average Bonchev–Trinajstić information content (AvgIpc) is 2.89. The Hall–Kier alpha value is -3.42. The fourth-order valence-corrected chi connectivity index (χ4v) is 5.53. The van der Waals surface area contributed by atoms with Crippen LogP contribution in [-0.2, 0) is 10.2 Å². The molecule has 1 amide bonds. The average molecular weight is 555 g/mol. The number of ether oxygens (including phenoxy) is 1. The molecule has 0 radical (unpaired) electrons. The number of hydrogen-bond acceptors (Lipinski definition) is 8. The molecule has 1 aromatic heterocycles. The Kier molecular flexibility index (Phi) is 8.93. The standard InChI is InChI=1S/C28H35ClN6O4/c1-28(2,3)21-8-10-23(20(16-30)26(21)29)39-19-6-4-18(5-7-19)31-27(38)22-9-11-24(33-32-22)35-14-12-34(13-15-35)17-25(36)37/h8-11,18-19H,4-7,12-15,17H2,1-3H3,(H,31,38)(H,36,37). The number of carboxylic acids is 1. The van der Waals surface area contributed by atoms with Gasteiger partial charge in [0.05, 0.1) is 17.7 Å². The number of benzene rings is 1. The number of nitriles is 1. The molecule has 0 spiro atoms. The fourth-order valence-electron chi connectivity index (χ4n) is 5.05. The molecule has 208 valence electrons. The van der Waals surface area contributed by atoms with Crippen molar-refractivity contribution in [3.63, 3.8) is 0 Å². The van der Waals surface area contributed by atoms with E-state index in [4.69, 9.17) is 21.4 Å². The number of nitrogens with zero attached hydrogens (tertiary/aromatic N) is 5. The summed E-state index contributed by atoms with van der Waals surface area (Å²) in [5, 5.41) is 30.5. The molecule has 2 aromatic rings. The molecule has 1 aliphatic heterocycles. The molecule has 39 heavy (non-hydrogen) atoms. The highest BCUT2D eigenvalue weighted by Crippen LogP contribution is 2.37. The first-order chi connectivity index (χ1) is 18.5. The SMILES string of the molecule is CC(C)(C)c1ccc(OC2CCC(NC(=O)c3ccc(N4CCN(CC(=O)O)CC4)nn3)CC2)c(C#N)c1Cl. The highest BCUT2D eigenvalue weighted by atomic mass is 35.5. The molecule has 0 unspecified atom stereocenters. The van der Waals surface area contributed by atoms with E-state index in [1.54, 1.807) is 12.1 Å². The maximum Gasteiger partial charge on any atom is 0.317 e. The molecule has 1 aliphatic carbocycles. The third kappa shape index (κ3) is 7.16. The molecule has 2 fully saturated rings. The zero-order chi connectivity index (χ0) is 28.2. The van der Waals surface area contributed by atoms with Gasteiger partial charge >= 0.3 is 5.97 Å². The largest absolute Gasteiger partial charge is 0.489 e. The number of rotatable bonds is 7. The van der Waals surface area contributed by atoms with Crippen molar-refractivity contribution >= 4 is 29.3 Å². The molecule has 2 N–H and O–H groups in total. The lowest BCUT2D eigenvalue weighted by Gasteiger charge is -2.34. The van der Waals surface area contributed by atoms with E-state index in [0.717, 1.165) is 31.2 Å². The van der Waals surface area contributed by atoms with Crippen LogP contribution in [0.25, 0.3) is 0 Å². The van der Waals surface area contributed by atoms with Gasteiger partial charge in [-0.2, -0.15) is 5.26 Å². The van der Waals surface area contributed by atoms with Crippen molar-refractivity contribution in [1.29, 1.82) is 5.26 Å². The minimum atomic E-state index is -0.830. The van der Waals surface area contributed by atoms with Gasteiger partial charge in [-0.1, -0.05) is 38.4 Å². The van der Waals surface area contributed by atoms with Crippen LogP contribution >= 0.6 is 11.6 Å². The second-order valence-corrected chi connectivity index (χ2v) is 11.5. The number of amides is 1. The number of hydrogen-bond donors (Lipinski definition) is 2. The summed E-state index contributed by atoms with van der Waals surface area (Å²) in [4.78, 5) is 27.6. The lowest BCUT2D eigenvalue weighted by molar-refractivity contribution is -0.138. The number of carboxylic acid groups (broad SMARTS) is 1. The minimum absolute atomic E-state index is 0.00318. The quantitative estimate of drug-likeness (QED) is 0.526. The second-order valence-electron chi connectivity index (χ2n) is 11.2. The summed E-state index contributed by atoms with van der Waals surface area (Å²) in [5.74, 6) is 0.0813. The van der Waals surface area contributed by atoms with Crippen molar-refractivity contribution in [2.24, 2.45) is 0 Å². The number of carbonyl (C=O) groups is 2. The number of nitrogens with one attached hydrogen (secondary N) is 1. The molecule has 10 nitrogen and oxygen atoms in total. The van der Waals surface area contributed by atoms with Crippen molar-refractivity contribution < 1.29 is 19.4 Å². The van der Waals surface area contributed by atoms with Crippen LogP contribution in [0, 0.1) is 11.3 Å². The third-order valence-corrected chi connectivity index (χ3v) is 7.66. The smallest absolute Gasteiger partial charge is 0.317 e. The van der Waals surface area contributed by atoms with E-state index in [1.165, 1.54) is 0 Å². The Morgan fingerprint density at radius 3 is 2.36 bits per heavy atom. The van der Waals surface area contributed by atoms with Gasteiger partial charge in [-0.05, 0) is 54.9 Å². The maximum atomic E-state index is 12.8. The number of anilines is 1. The van der Waals surface area contributed by atoms with Gasteiger partial charge in [-0.3, -0.25) is 14.5 Å². The number of aromatic nitrogens is 2. The molecule has 4 rings (SSSR count). The molecular formula is C28H35ClN6O4. The maximum absolute atomic E-state index is 12.8. The second kappa shape index (κ2) is 12.2. The Labute approximate surface area is 233 Å². The summed E-state index contributed by atoms with van der Waals surface area (Å²) in [6.45, 7) is 8.78. The Morgan fingerprint density at radius 1 is 1.10 bits per heavy atom. The Balaban J connectivity index is 1.26. The van der Waals surface area contributed by atoms with E-state index in [2.05, 4.69) is 42.4 Å². The number of halogens is 1. The Bertz CT molecular complexity index is 1220. The summed E-state index contributed by atoms with van der Waals surface area (Å²) in [6, 6.07) is 9.41. The highest BCUT2D eigenvalue weighted by Gasteiger charge is 2.27. The van der Waals surface area contributed by atoms with Crippen molar-refractivity contribution in [2.45, 2.75) is 64.0 Å². The molecule has 0 atom stereocenters. The summed E-state index contributed by atoms with van der Waals surface area (Å²) in [6.07, 6.45) is 2.92. The monoisotopic (exact) mass is 554 g/mol. The normalized spacial score (nSPS) is 20.2. The predicted octanol–water partition coefficient (Wildman–Crippen LogP) is 3.63. The Morgan fingerprint density at radius 2 is 1.79 bits per heavy atom. The molecule has 1 saturated carbocycles. The van der Waals surface area contributed by atoms with Crippen molar-refractivity contribution in [3.8, 4) is 11.8 Å². The number of carbonyl (C=O) groups excluding carboxylic acids is 1. The first-order valence-electron chi connectivity index (χ1n) is 13.3. The number of aliphatic carboxylic acids is 1. The molecule has 2 heterocycles. The van der Waals surface area contributed by atoms with Gasteiger partial charge in [-0.15, -0.1) is 10.2 Å². The van der Waals surface area contributed by atoms with E-state index in [0.29, 0.717) is 48.3 Å². The summed E-state index contributed by atoms with van der Waals surface area (Å²) < 4.78 is 6.18. The summed E-state index contributed by atoms with van der Waals surface area (Å²) in [7, 11) is 0. The van der Waals surface area contributed by atoms with E-state index >= 15 is 0 Å².